The molecule has 0 saturated carbocycles. The molecule has 1 aliphatic heterocycles. The van der Waals surface area contributed by atoms with Crippen LogP contribution in [0.2, 0.25) is 0 Å². The summed E-state index contributed by atoms with van der Waals surface area (Å²) in [5, 5.41) is 10.6. The SMILES string of the molecule is CCC(=O)C1=C(O)C(=O)N(c2ccc(N(C)C)cc2)C1c1ccc(N(CC)CC)cc1. The minimum atomic E-state index is -0.657. The zero-order valence-electron chi connectivity index (χ0n) is 18.9. The van der Waals surface area contributed by atoms with Gasteiger partial charge in [-0.15, -0.1) is 0 Å². The lowest BCUT2D eigenvalue weighted by Gasteiger charge is -2.28. The Bertz CT molecular complexity index is 974. The second-order valence-corrected chi connectivity index (χ2v) is 7.79. The number of benzene rings is 2. The van der Waals surface area contributed by atoms with E-state index in [0.29, 0.717) is 5.69 Å². The molecule has 0 radical (unpaired) electrons. The number of ketones is 1. The van der Waals surface area contributed by atoms with Crippen molar-refractivity contribution in [2.24, 2.45) is 0 Å². The quantitative estimate of drug-likeness (QED) is 0.681. The Kier molecular flexibility index (Phi) is 6.68. The van der Waals surface area contributed by atoms with Gasteiger partial charge in [0.15, 0.2) is 11.5 Å². The summed E-state index contributed by atoms with van der Waals surface area (Å²) in [5.41, 5.74) is 3.68. The second kappa shape index (κ2) is 9.25. The monoisotopic (exact) mass is 421 g/mol. The average molecular weight is 422 g/mol. The van der Waals surface area contributed by atoms with E-state index in [2.05, 4.69) is 18.7 Å². The summed E-state index contributed by atoms with van der Waals surface area (Å²) in [6.07, 6.45) is 0.216. The fourth-order valence-corrected chi connectivity index (χ4v) is 4.03. The number of anilines is 3. The molecule has 1 N–H and O–H groups in total. The average Bonchev–Trinajstić information content (AvgIpc) is 3.05. The minimum absolute atomic E-state index is 0.166. The molecule has 2 aromatic carbocycles. The van der Waals surface area contributed by atoms with Crippen LogP contribution in [0, 0.1) is 0 Å². The Morgan fingerprint density at radius 2 is 1.48 bits per heavy atom. The van der Waals surface area contributed by atoms with Gasteiger partial charge < -0.3 is 14.9 Å². The molecule has 1 atom stereocenters. The highest BCUT2D eigenvalue weighted by molar-refractivity contribution is 6.16. The summed E-state index contributed by atoms with van der Waals surface area (Å²) in [4.78, 5) is 31.5. The summed E-state index contributed by atoms with van der Waals surface area (Å²) >= 11 is 0. The molecule has 2 aromatic rings. The van der Waals surface area contributed by atoms with Gasteiger partial charge in [-0.2, -0.15) is 0 Å². The number of amides is 1. The molecule has 0 spiro atoms. The molecular weight excluding hydrogens is 390 g/mol. The first-order valence-corrected chi connectivity index (χ1v) is 10.8. The normalized spacial score (nSPS) is 16.1. The topological polar surface area (TPSA) is 64.1 Å². The maximum absolute atomic E-state index is 13.1. The summed E-state index contributed by atoms with van der Waals surface area (Å²) in [5.74, 6) is -1.23. The van der Waals surface area contributed by atoms with E-state index in [1.165, 1.54) is 4.90 Å². The van der Waals surface area contributed by atoms with Crippen molar-refractivity contribution in [2.75, 3.05) is 41.9 Å². The number of carbonyl (C=O) groups is 2. The molecule has 1 unspecified atom stereocenters. The number of aliphatic hydroxyl groups excluding tert-OH is 1. The van der Waals surface area contributed by atoms with Crippen molar-refractivity contribution >= 4 is 28.8 Å². The Morgan fingerprint density at radius 1 is 0.935 bits per heavy atom. The molecule has 0 aromatic heterocycles. The smallest absolute Gasteiger partial charge is 0.294 e. The van der Waals surface area contributed by atoms with Gasteiger partial charge in [0.2, 0.25) is 0 Å². The highest BCUT2D eigenvalue weighted by atomic mass is 16.3. The van der Waals surface area contributed by atoms with Crippen LogP contribution in [0.3, 0.4) is 0 Å². The van der Waals surface area contributed by atoms with Crippen molar-refractivity contribution < 1.29 is 14.7 Å². The fraction of sp³-hybridized carbons (Fsp3) is 0.360. The zero-order valence-corrected chi connectivity index (χ0v) is 18.9. The highest BCUT2D eigenvalue weighted by Gasteiger charge is 2.43. The van der Waals surface area contributed by atoms with Crippen LogP contribution in [0.25, 0.3) is 0 Å². The Morgan fingerprint density at radius 3 is 1.97 bits per heavy atom. The Hall–Kier alpha value is -3.28. The second-order valence-electron chi connectivity index (χ2n) is 7.79. The lowest BCUT2D eigenvalue weighted by Crippen LogP contribution is -2.31. The van der Waals surface area contributed by atoms with E-state index in [4.69, 9.17) is 0 Å². The minimum Gasteiger partial charge on any atom is -0.503 e. The zero-order chi connectivity index (χ0) is 22.7. The molecule has 164 valence electrons. The third-order valence-electron chi connectivity index (χ3n) is 5.81. The molecule has 6 heteroatoms. The van der Waals surface area contributed by atoms with E-state index < -0.39 is 17.7 Å². The summed E-state index contributed by atoms with van der Waals surface area (Å²) in [6.45, 7) is 7.73. The largest absolute Gasteiger partial charge is 0.503 e. The van der Waals surface area contributed by atoms with Crippen LogP contribution in [0.1, 0.15) is 38.8 Å². The van der Waals surface area contributed by atoms with Crippen LogP contribution in [0.15, 0.2) is 59.9 Å². The van der Waals surface area contributed by atoms with Crippen molar-refractivity contribution in [2.45, 2.75) is 33.2 Å². The molecule has 0 bridgehead atoms. The number of carbonyl (C=O) groups excluding carboxylic acids is 2. The predicted octanol–water partition coefficient (Wildman–Crippen LogP) is 4.48. The summed E-state index contributed by atoms with van der Waals surface area (Å²) in [6, 6.07) is 14.7. The van der Waals surface area contributed by atoms with Crippen molar-refractivity contribution in [3.63, 3.8) is 0 Å². The van der Waals surface area contributed by atoms with E-state index in [1.807, 2.05) is 67.5 Å². The molecule has 1 aliphatic rings. The van der Waals surface area contributed by atoms with Crippen LogP contribution in [-0.4, -0.2) is 44.0 Å². The fourth-order valence-electron chi connectivity index (χ4n) is 4.03. The molecule has 0 saturated heterocycles. The maximum atomic E-state index is 13.1. The van der Waals surface area contributed by atoms with E-state index in [1.54, 1.807) is 6.92 Å². The molecule has 1 amide bonds. The van der Waals surface area contributed by atoms with Crippen molar-refractivity contribution in [3.05, 3.63) is 65.4 Å². The third kappa shape index (κ3) is 4.15. The molecule has 6 nitrogen and oxygen atoms in total. The number of rotatable bonds is 8. The van der Waals surface area contributed by atoms with Crippen LogP contribution in [-0.2, 0) is 9.59 Å². The first-order valence-electron chi connectivity index (χ1n) is 10.8. The number of hydrogen-bond donors (Lipinski definition) is 1. The van der Waals surface area contributed by atoms with Gasteiger partial charge in [-0.05, 0) is 55.8 Å². The van der Waals surface area contributed by atoms with Crippen molar-refractivity contribution in [3.8, 4) is 0 Å². The first kappa shape index (κ1) is 22.4. The molecule has 1 heterocycles. The van der Waals surface area contributed by atoms with Crippen LogP contribution < -0.4 is 14.7 Å². The van der Waals surface area contributed by atoms with Crippen LogP contribution in [0.4, 0.5) is 17.1 Å². The maximum Gasteiger partial charge on any atom is 0.294 e. The molecule has 31 heavy (non-hydrogen) atoms. The van der Waals surface area contributed by atoms with Gasteiger partial charge in [0.1, 0.15) is 0 Å². The van der Waals surface area contributed by atoms with Gasteiger partial charge in [0.05, 0.1) is 11.6 Å². The van der Waals surface area contributed by atoms with E-state index in [9.17, 15) is 14.7 Å². The van der Waals surface area contributed by atoms with E-state index in [0.717, 1.165) is 30.0 Å². The predicted molar refractivity (Wildman–Crippen MR) is 126 cm³/mol. The molecular formula is C25H31N3O3. The Labute approximate surface area is 184 Å². The highest BCUT2D eigenvalue weighted by Crippen LogP contribution is 2.42. The van der Waals surface area contributed by atoms with Crippen LogP contribution in [0.5, 0.6) is 0 Å². The number of Topliss-reactive ketones (excluding diaryl/α,β-unsaturated/α-hetero) is 1. The lowest BCUT2D eigenvalue weighted by molar-refractivity contribution is -0.118. The number of nitrogens with zero attached hydrogens (tertiary/aromatic N) is 3. The number of aliphatic hydroxyl groups is 1. The van der Waals surface area contributed by atoms with Gasteiger partial charge in [-0.3, -0.25) is 14.5 Å². The third-order valence-corrected chi connectivity index (χ3v) is 5.81. The van der Waals surface area contributed by atoms with Crippen molar-refractivity contribution in [1.82, 2.24) is 0 Å². The van der Waals surface area contributed by atoms with Gasteiger partial charge in [-0.1, -0.05) is 19.1 Å². The molecule has 3 rings (SSSR count). The summed E-state index contributed by atoms with van der Waals surface area (Å²) < 4.78 is 0. The lowest BCUT2D eigenvalue weighted by atomic mass is 9.94. The van der Waals surface area contributed by atoms with Crippen molar-refractivity contribution in [1.29, 1.82) is 0 Å². The first-order chi connectivity index (χ1) is 14.8. The molecule has 0 fully saturated rings. The van der Waals surface area contributed by atoms with Gasteiger partial charge >= 0.3 is 0 Å². The van der Waals surface area contributed by atoms with Gasteiger partial charge in [0.25, 0.3) is 5.91 Å². The van der Waals surface area contributed by atoms with E-state index in [-0.39, 0.29) is 17.8 Å². The molecule has 0 aliphatic carbocycles. The van der Waals surface area contributed by atoms with Gasteiger partial charge in [0, 0.05) is 50.7 Å². The van der Waals surface area contributed by atoms with Crippen LogP contribution >= 0.6 is 0 Å². The standard InChI is InChI=1S/C25H31N3O3/c1-6-21(29)22-23(17-9-11-19(12-10-17)27(7-2)8-3)28(25(31)24(22)30)20-15-13-18(14-16-20)26(4)5/h9-16,23,30H,6-8H2,1-5H3. The Balaban J connectivity index is 2.08. The summed E-state index contributed by atoms with van der Waals surface area (Å²) in [7, 11) is 3.89. The number of hydrogen-bond acceptors (Lipinski definition) is 5. The van der Waals surface area contributed by atoms with Gasteiger partial charge in [-0.25, -0.2) is 0 Å². The van der Waals surface area contributed by atoms with E-state index >= 15 is 0 Å².